The van der Waals surface area contributed by atoms with Gasteiger partial charge in [-0.3, -0.25) is 0 Å². The molecule has 0 saturated heterocycles. The average molecular weight is 204 g/mol. The lowest BCUT2D eigenvalue weighted by molar-refractivity contribution is 0.227. The average Bonchev–Trinajstić information content (AvgIpc) is 2.48. The standard InChI is InChI=1S/C12H16N2O/c1-11(2)8-4-5-12(11,3)9-7(8)6-13-10(15)14-9/h6,8H,4-5H2,1-3H3,(H,13,14,15)/t8-,12+/m1/s1. The first kappa shape index (κ1) is 9.13. The summed E-state index contributed by atoms with van der Waals surface area (Å²) in [6, 6.07) is 0. The van der Waals surface area contributed by atoms with Crippen molar-refractivity contribution in [3.8, 4) is 0 Å². The first-order valence-electron chi connectivity index (χ1n) is 5.56. The summed E-state index contributed by atoms with van der Waals surface area (Å²) in [5.41, 5.74) is 2.59. The topological polar surface area (TPSA) is 45.8 Å². The van der Waals surface area contributed by atoms with E-state index in [1.165, 1.54) is 18.4 Å². The molecule has 3 nitrogen and oxygen atoms in total. The van der Waals surface area contributed by atoms with Gasteiger partial charge in [0.05, 0.1) is 0 Å². The molecule has 1 N–H and O–H groups in total. The second kappa shape index (κ2) is 2.34. The summed E-state index contributed by atoms with van der Waals surface area (Å²) in [4.78, 5) is 18.1. The van der Waals surface area contributed by atoms with E-state index in [0.29, 0.717) is 5.92 Å². The molecule has 0 aromatic carbocycles. The third-order valence-corrected chi connectivity index (χ3v) is 4.99. The highest BCUT2D eigenvalue weighted by molar-refractivity contribution is 5.43. The van der Waals surface area contributed by atoms with E-state index in [-0.39, 0.29) is 16.5 Å². The SMILES string of the molecule is CC1(C)[C@@H]2CC[C@@]1(C)c1[nH]c(=O)ncc12. The zero-order valence-corrected chi connectivity index (χ0v) is 9.42. The molecule has 0 unspecified atom stereocenters. The number of aromatic nitrogens is 2. The first-order valence-corrected chi connectivity index (χ1v) is 5.56. The van der Waals surface area contributed by atoms with Gasteiger partial charge in [-0.1, -0.05) is 20.8 Å². The molecule has 0 spiro atoms. The van der Waals surface area contributed by atoms with E-state index < -0.39 is 0 Å². The van der Waals surface area contributed by atoms with Crippen LogP contribution >= 0.6 is 0 Å². The number of rotatable bonds is 0. The van der Waals surface area contributed by atoms with E-state index >= 15 is 0 Å². The Morgan fingerprint density at radius 3 is 2.93 bits per heavy atom. The van der Waals surface area contributed by atoms with Gasteiger partial charge in [-0.05, 0) is 29.7 Å². The number of aromatic amines is 1. The number of H-pyrrole nitrogens is 1. The van der Waals surface area contributed by atoms with Gasteiger partial charge >= 0.3 is 5.69 Å². The van der Waals surface area contributed by atoms with E-state index in [9.17, 15) is 4.79 Å². The molecule has 15 heavy (non-hydrogen) atoms. The van der Waals surface area contributed by atoms with Crippen LogP contribution in [0, 0.1) is 5.41 Å². The Kier molecular flexibility index (Phi) is 1.42. The number of hydrogen-bond acceptors (Lipinski definition) is 2. The van der Waals surface area contributed by atoms with Crippen LogP contribution in [0.15, 0.2) is 11.0 Å². The third-order valence-electron chi connectivity index (χ3n) is 4.99. The van der Waals surface area contributed by atoms with Crippen LogP contribution in [0.3, 0.4) is 0 Å². The maximum Gasteiger partial charge on any atom is 0.345 e. The van der Waals surface area contributed by atoms with Gasteiger partial charge in [-0.15, -0.1) is 0 Å². The van der Waals surface area contributed by atoms with Crippen molar-refractivity contribution >= 4 is 0 Å². The van der Waals surface area contributed by atoms with Crippen molar-refractivity contribution in [3.63, 3.8) is 0 Å². The summed E-state index contributed by atoms with van der Waals surface area (Å²) in [5.74, 6) is 0.571. The zero-order chi connectivity index (χ0) is 10.8. The molecule has 1 aromatic heterocycles. The van der Waals surface area contributed by atoms with E-state index in [4.69, 9.17) is 0 Å². The van der Waals surface area contributed by atoms with Crippen molar-refractivity contribution in [1.82, 2.24) is 9.97 Å². The molecule has 1 saturated carbocycles. The van der Waals surface area contributed by atoms with Crippen LogP contribution in [-0.2, 0) is 5.41 Å². The second-order valence-corrected chi connectivity index (χ2v) is 5.66. The van der Waals surface area contributed by atoms with Gasteiger partial charge in [0.1, 0.15) is 0 Å². The Labute approximate surface area is 88.9 Å². The van der Waals surface area contributed by atoms with Gasteiger partial charge < -0.3 is 4.98 Å². The molecular weight excluding hydrogens is 188 g/mol. The monoisotopic (exact) mass is 204 g/mol. The zero-order valence-electron chi connectivity index (χ0n) is 9.42. The minimum Gasteiger partial charge on any atom is -0.309 e. The smallest absolute Gasteiger partial charge is 0.309 e. The maximum absolute atomic E-state index is 11.3. The normalized spacial score (nSPS) is 35.5. The Morgan fingerprint density at radius 1 is 1.47 bits per heavy atom. The summed E-state index contributed by atoms with van der Waals surface area (Å²) in [6.45, 7) is 6.89. The second-order valence-electron chi connectivity index (χ2n) is 5.66. The highest BCUT2D eigenvalue weighted by Gasteiger charge is 2.60. The Hall–Kier alpha value is -1.12. The van der Waals surface area contributed by atoms with Gasteiger partial charge in [-0.2, -0.15) is 0 Å². The summed E-state index contributed by atoms with van der Waals surface area (Å²) in [7, 11) is 0. The molecule has 1 heterocycles. The fraction of sp³-hybridized carbons (Fsp3) is 0.667. The molecule has 0 aliphatic heterocycles. The van der Waals surface area contributed by atoms with Crippen molar-refractivity contribution in [2.45, 2.75) is 44.9 Å². The van der Waals surface area contributed by atoms with Crippen molar-refractivity contribution in [1.29, 1.82) is 0 Å². The summed E-state index contributed by atoms with van der Waals surface area (Å²) < 4.78 is 0. The molecule has 2 aliphatic carbocycles. The van der Waals surface area contributed by atoms with Gasteiger partial charge in [0.2, 0.25) is 0 Å². The molecule has 2 atom stereocenters. The molecule has 3 rings (SSSR count). The van der Waals surface area contributed by atoms with Crippen LogP contribution in [0.5, 0.6) is 0 Å². The number of hydrogen-bond donors (Lipinski definition) is 1. The third kappa shape index (κ3) is 0.829. The van der Waals surface area contributed by atoms with Crippen LogP contribution in [0.4, 0.5) is 0 Å². The predicted molar refractivity (Wildman–Crippen MR) is 58.0 cm³/mol. The van der Waals surface area contributed by atoms with Crippen LogP contribution in [0.1, 0.15) is 50.8 Å². The van der Waals surface area contributed by atoms with Crippen LogP contribution in [-0.4, -0.2) is 9.97 Å². The summed E-state index contributed by atoms with van der Waals surface area (Å²) in [6.07, 6.45) is 4.19. The van der Waals surface area contributed by atoms with Gasteiger partial charge in [0.25, 0.3) is 0 Å². The van der Waals surface area contributed by atoms with Crippen molar-refractivity contribution in [3.05, 3.63) is 27.9 Å². The lowest BCUT2D eigenvalue weighted by Crippen LogP contribution is -2.33. The van der Waals surface area contributed by atoms with Gasteiger partial charge in [-0.25, -0.2) is 9.78 Å². The Morgan fingerprint density at radius 2 is 2.20 bits per heavy atom. The van der Waals surface area contributed by atoms with E-state index in [0.717, 1.165) is 5.69 Å². The molecule has 2 aliphatic rings. The van der Waals surface area contributed by atoms with Gasteiger partial charge in [0.15, 0.2) is 0 Å². The molecule has 80 valence electrons. The Balaban J connectivity index is 2.34. The van der Waals surface area contributed by atoms with Crippen molar-refractivity contribution < 1.29 is 0 Å². The summed E-state index contributed by atoms with van der Waals surface area (Å²) in [5, 5.41) is 0. The largest absolute Gasteiger partial charge is 0.345 e. The molecule has 0 radical (unpaired) electrons. The van der Waals surface area contributed by atoms with Gasteiger partial charge in [0, 0.05) is 17.3 Å². The Bertz CT molecular complexity index is 489. The van der Waals surface area contributed by atoms with Crippen LogP contribution in [0.25, 0.3) is 0 Å². The van der Waals surface area contributed by atoms with E-state index in [1.54, 1.807) is 6.20 Å². The minimum absolute atomic E-state index is 0.134. The van der Waals surface area contributed by atoms with Crippen LogP contribution < -0.4 is 5.69 Å². The number of nitrogens with zero attached hydrogens (tertiary/aromatic N) is 1. The summed E-state index contributed by atoms with van der Waals surface area (Å²) >= 11 is 0. The lowest BCUT2D eigenvalue weighted by atomic mass is 9.70. The van der Waals surface area contributed by atoms with Crippen LogP contribution in [0.2, 0.25) is 0 Å². The molecule has 1 aromatic rings. The molecule has 0 amide bonds. The fourth-order valence-electron chi connectivity index (χ4n) is 3.62. The number of nitrogens with one attached hydrogen (secondary N) is 1. The molecule has 2 bridgehead atoms. The maximum atomic E-state index is 11.3. The first-order chi connectivity index (χ1) is 6.97. The van der Waals surface area contributed by atoms with E-state index in [2.05, 4.69) is 30.7 Å². The van der Waals surface area contributed by atoms with Crippen molar-refractivity contribution in [2.24, 2.45) is 5.41 Å². The molecular formula is C12H16N2O. The number of fused-ring (bicyclic) bond motifs is 5. The quantitative estimate of drug-likeness (QED) is 0.702. The molecule has 3 heteroatoms. The fourth-order valence-corrected chi connectivity index (χ4v) is 3.62. The van der Waals surface area contributed by atoms with E-state index in [1.807, 2.05) is 0 Å². The highest BCUT2D eigenvalue weighted by Crippen LogP contribution is 2.66. The minimum atomic E-state index is -0.210. The highest BCUT2D eigenvalue weighted by atomic mass is 16.1. The van der Waals surface area contributed by atoms with Crippen molar-refractivity contribution in [2.75, 3.05) is 0 Å². The predicted octanol–water partition coefficient (Wildman–Crippen LogP) is 1.94. The lowest BCUT2D eigenvalue weighted by Gasteiger charge is -2.34. The molecule has 1 fully saturated rings.